The number of carbonyl (C=O) groups excluding carboxylic acids is 1. The summed E-state index contributed by atoms with van der Waals surface area (Å²) in [6.45, 7) is 2.73. The lowest BCUT2D eigenvalue weighted by molar-refractivity contribution is -0.134. The van der Waals surface area contributed by atoms with E-state index in [0.29, 0.717) is 18.7 Å². The maximum atomic E-state index is 13.1. The summed E-state index contributed by atoms with van der Waals surface area (Å²) in [5, 5.41) is 0. The van der Waals surface area contributed by atoms with E-state index in [9.17, 15) is 13.2 Å². The molecule has 6 nitrogen and oxygen atoms in total. The number of sulfonamides is 1. The molecular weight excluding hydrogens is 350 g/mol. The molecule has 0 bridgehead atoms. The molecule has 0 saturated carbocycles. The van der Waals surface area contributed by atoms with Gasteiger partial charge in [-0.05, 0) is 24.7 Å². The second kappa shape index (κ2) is 7.99. The summed E-state index contributed by atoms with van der Waals surface area (Å²) in [5.74, 6) is -0.219. The van der Waals surface area contributed by atoms with Gasteiger partial charge in [0.2, 0.25) is 15.9 Å². The van der Waals surface area contributed by atoms with Gasteiger partial charge < -0.3 is 9.80 Å². The summed E-state index contributed by atoms with van der Waals surface area (Å²) in [5.41, 5.74) is 0.635. The summed E-state index contributed by atoms with van der Waals surface area (Å²) >= 11 is 0. The third-order valence-electron chi connectivity index (χ3n) is 4.52. The Hall–Kier alpha value is -2.22. The van der Waals surface area contributed by atoms with Crippen molar-refractivity contribution in [1.82, 2.24) is 14.5 Å². The molecule has 1 N–H and O–H groups in total. The van der Waals surface area contributed by atoms with Crippen LogP contribution in [-0.4, -0.2) is 57.4 Å². The van der Waals surface area contributed by atoms with Gasteiger partial charge in [0, 0.05) is 26.2 Å². The highest BCUT2D eigenvalue weighted by Gasteiger charge is 2.31. The first-order chi connectivity index (χ1) is 12.5. The van der Waals surface area contributed by atoms with E-state index >= 15 is 0 Å². The number of benzene rings is 2. The lowest BCUT2D eigenvalue weighted by atomic mass is 10.1. The van der Waals surface area contributed by atoms with Gasteiger partial charge in [-0.2, -0.15) is 4.72 Å². The van der Waals surface area contributed by atoms with Crippen molar-refractivity contribution in [3.63, 3.8) is 0 Å². The number of carbonyl (C=O) groups is 1. The lowest BCUT2D eigenvalue weighted by Crippen LogP contribution is -2.51. The molecule has 1 aliphatic heterocycles. The molecule has 0 spiro atoms. The zero-order valence-electron chi connectivity index (χ0n) is 14.7. The Morgan fingerprint density at radius 1 is 0.923 bits per heavy atom. The predicted molar refractivity (Wildman–Crippen MR) is 100 cm³/mol. The molecule has 0 radical (unpaired) electrons. The van der Waals surface area contributed by atoms with Gasteiger partial charge in [-0.1, -0.05) is 48.5 Å². The van der Waals surface area contributed by atoms with Crippen LogP contribution in [0.3, 0.4) is 0 Å². The van der Waals surface area contributed by atoms with E-state index in [4.69, 9.17) is 0 Å². The molecule has 0 aromatic heterocycles. The third-order valence-corrected chi connectivity index (χ3v) is 5.96. The van der Waals surface area contributed by atoms with E-state index in [1.165, 1.54) is 12.1 Å². The molecule has 3 rings (SSSR count). The van der Waals surface area contributed by atoms with Crippen LogP contribution in [0.2, 0.25) is 0 Å². The van der Waals surface area contributed by atoms with E-state index < -0.39 is 16.1 Å². The Balaban J connectivity index is 1.88. The molecule has 138 valence electrons. The van der Waals surface area contributed by atoms with Crippen molar-refractivity contribution < 1.29 is 13.2 Å². The first kappa shape index (κ1) is 18.6. The van der Waals surface area contributed by atoms with Crippen molar-refractivity contribution in [2.45, 2.75) is 10.9 Å². The number of likely N-dealkylation sites (N-methyl/N-ethyl adjacent to an activating group) is 1. The largest absolute Gasteiger partial charge is 0.338 e. The molecule has 1 aliphatic rings. The normalized spacial score (nSPS) is 17.0. The second-order valence-corrected chi connectivity index (χ2v) is 8.12. The summed E-state index contributed by atoms with van der Waals surface area (Å²) < 4.78 is 28.1. The number of nitrogens with zero attached hydrogens (tertiary/aromatic N) is 2. The van der Waals surface area contributed by atoms with Crippen LogP contribution < -0.4 is 4.72 Å². The fraction of sp³-hybridized carbons (Fsp3) is 0.316. The molecule has 2 aromatic rings. The van der Waals surface area contributed by atoms with E-state index in [2.05, 4.69) is 9.62 Å². The van der Waals surface area contributed by atoms with Gasteiger partial charge in [0.25, 0.3) is 0 Å². The van der Waals surface area contributed by atoms with Crippen LogP contribution in [0.4, 0.5) is 0 Å². The van der Waals surface area contributed by atoms with Gasteiger partial charge in [-0.25, -0.2) is 8.42 Å². The summed E-state index contributed by atoms with van der Waals surface area (Å²) in [4.78, 5) is 17.1. The van der Waals surface area contributed by atoms with E-state index in [0.717, 1.165) is 13.1 Å². The SMILES string of the molecule is CN1CCN(C(=O)[C@@H](NS(=O)(=O)c2ccccc2)c2ccccc2)CC1. The van der Waals surface area contributed by atoms with Gasteiger partial charge in [0.15, 0.2) is 0 Å². The molecular formula is C19H23N3O3S. The number of rotatable bonds is 5. The van der Waals surface area contributed by atoms with Crippen LogP contribution >= 0.6 is 0 Å². The maximum absolute atomic E-state index is 13.1. The number of hydrogen-bond donors (Lipinski definition) is 1. The van der Waals surface area contributed by atoms with Gasteiger partial charge in [-0.3, -0.25) is 4.79 Å². The molecule has 26 heavy (non-hydrogen) atoms. The van der Waals surface area contributed by atoms with Gasteiger partial charge >= 0.3 is 0 Å². The number of nitrogens with one attached hydrogen (secondary N) is 1. The van der Waals surface area contributed by atoms with Crippen LogP contribution in [0.5, 0.6) is 0 Å². The minimum Gasteiger partial charge on any atom is -0.338 e. The summed E-state index contributed by atoms with van der Waals surface area (Å²) in [6, 6.07) is 16.2. The smallest absolute Gasteiger partial charge is 0.245 e. The highest BCUT2D eigenvalue weighted by molar-refractivity contribution is 7.89. The second-order valence-electron chi connectivity index (χ2n) is 6.41. The zero-order valence-corrected chi connectivity index (χ0v) is 15.5. The first-order valence-corrected chi connectivity index (χ1v) is 10.1. The third kappa shape index (κ3) is 4.30. The van der Waals surface area contributed by atoms with Crippen molar-refractivity contribution in [2.24, 2.45) is 0 Å². The minimum absolute atomic E-state index is 0.145. The summed E-state index contributed by atoms with van der Waals surface area (Å²) in [6.07, 6.45) is 0. The quantitative estimate of drug-likeness (QED) is 0.862. The minimum atomic E-state index is -3.81. The zero-order chi connectivity index (χ0) is 18.6. The van der Waals surface area contributed by atoms with Crippen molar-refractivity contribution in [3.8, 4) is 0 Å². The van der Waals surface area contributed by atoms with E-state index in [1.807, 2.05) is 13.1 Å². The van der Waals surface area contributed by atoms with Gasteiger partial charge in [-0.15, -0.1) is 0 Å². The maximum Gasteiger partial charge on any atom is 0.245 e. The van der Waals surface area contributed by atoms with Crippen LogP contribution in [0.1, 0.15) is 11.6 Å². The molecule has 1 heterocycles. The number of piperazine rings is 1. The van der Waals surface area contributed by atoms with Crippen LogP contribution in [-0.2, 0) is 14.8 Å². The van der Waals surface area contributed by atoms with Crippen molar-refractivity contribution in [3.05, 3.63) is 66.2 Å². The molecule has 2 aromatic carbocycles. The molecule has 1 fully saturated rings. The van der Waals surface area contributed by atoms with Crippen LogP contribution in [0.15, 0.2) is 65.6 Å². The van der Waals surface area contributed by atoms with E-state index in [-0.39, 0.29) is 10.8 Å². The summed E-state index contributed by atoms with van der Waals surface area (Å²) in [7, 11) is -1.80. The molecule has 1 saturated heterocycles. The Morgan fingerprint density at radius 3 is 2.04 bits per heavy atom. The first-order valence-electron chi connectivity index (χ1n) is 8.57. The fourth-order valence-electron chi connectivity index (χ4n) is 2.94. The number of amides is 1. The van der Waals surface area contributed by atoms with Crippen molar-refractivity contribution in [2.75, 3.05) is 33.2 Å². The standard InChI is InChI=1S/C19H23N3O3S/c1-21-12-14-22(15-13-21)19(23)18(16-8-4-2-5-9-16)20-26(24,25)17-10-6-3-7-11-17/h2-11,18,20H,12-15H2,1H3/t18-/m0/s1. The molecule has 0 unspecified atom stereocenters. The van der Waals surface area contributed by atoms with E-state index in [1.54, 1.807) is 47.4 Å². The molecule has 7 heteroatoms. The Labute approximate surface area is 154 Å². The molecule has 0 aliphatic carbocycles. The fourth-order valence-corrected chi connectivity index (χ4v) is 4.14. The van der Waals surface area contributed by atoms with Crippen LogP contribution in [0, 0.1) is 0 Å². The van der Waals surface area contributed by atoms with Crippen LogP contribution in [0.25, 0.3) is 0 Å². The van der Waals surface area contributed by atoms with Crippen molar-refractivity contribution >= 4 is 15.9 Å². The highest BCUT2D eigenvalue weighted by Crippen LogP contribution is 2.20. The monoisotopic (exact) mass is 373 g/mol. The van der Waals surface area contributed by atoms with Gasteiger partial charge in [0.05, 0.1) is 4.90 Å². The predicted octanol–water partition coefficient (Wildman–Crippen LogP) is 1.48. The van der Waals surface area contributed by atoms with Crippen molar-refractivity contribution in [1.29, 1.82) is 0 Å². The Bertz CT molecular complexity index is 833. The average molecular weight is 373 g/mol. The average Bonchev–Trinajstić information content (AvgIpc) is 2.68. The lowest BCUT2D eigenvalue weighted by Gasteiger charge is -2.34. The Kier molecular flexibility index (Phi) is 5.70. The Morgan fingerprint density at radius 2 is 1.46 bits per heavy atom. The highest BCUT2D eigenvalue weighted by atomic mass is 32.2. The topological polar surface area (TPSA) is 69.7 Å². The molecule has 1 atom stereocenters. The number of hydrogen-bond acceptors (Lipinski definition) is 4. The molecule has 1 amide bonds. The van der Waals surface area contributed by atoms with Gasteiger partial charge in [0.1, 0.15) is 6.04 Å².